The quantitative estimate of drug-likeness (QED) is 0.481. The largest absolute Gasteiger partial charge is 0.396 e. The summed E-state index contributed by atoms with van der Waals surface area (Å²) in [4.78, 5) is 8.92. The monoisotopic (exact) mass is 298 g/mol. The third-order valence-corrected chi connectivity index (χ3v) is 3.57. The molecule has 0 aliphatic rings. The molecule has 0 amide bonds. The molecule has 1 rings (SSSR count). The van der Waals surface area contributed by atoms with Crippen LogP contribution in [0.2, 0.25) is 0 Å². The van der Waals surface area contributed by atoms with Crippen molar-refractivity contribution in [1.29, 1.82) is 0 Å². The lowest BCUT2D eigenvalue weighted by Gasteiger charge is -2.22. The highest BCUT2D eigenvalue weighted by atomic mass is 32.2. The van der Waals surface area contributed by atoms with Crippen molar-refractivity contribution in [2.75, 3.05) is 30.0 Å². The van der Waals surface area contributed by atoms with Crippen molar-refractivity contribution in [2.45, 2.75) is 44.8 Å². The Morgan fingerprint density at radius 2 is 2.00 bits per heavy atom. The number of thioether (sulfide) groups is 1. The molecular weight excluding hydrogens is 272 g/mol. The first-order chi connectivity index (χ1) is 9.60. The normalized spacial score (nSPS) is 12.5. The minimum atomic E-state index is 0.178. The van der Waals surface area contributed by atoms with E-state index in [9.17, 15) is 0 Å². The van der Waals surface area contributed by atoms with Gasteiger partial charge in [0, 0.05) is 25.3 Å². The maximum atomic E-state index is 9.15. The van der Waals surface area contributed by atoms with E-state index in [2.05, 4.69) is 41.4 Å². The maximum Gasteiger partial charge on any atom is 0.191 e. The third kappa shape index (κ3) is 5.54. The van der Waals surface area contributed by atoms with E-state index in [1.807, 2.05) is 12.3 Å². The maximum absolute atomic E-state index is 9.15. The topological polar surface area (TPSA) is 70.1 Å². The lowest BCUT2D eigenvalue weighted by atomic mass is 10.0. The Kier molecular flexibility index (Phi) is 7.69. The number of nitrogens with zero attached hydrogens (tertiary/aromatic N) is 2. The first-order valence-electron chi connectivity index (χ1n) is 7.15. The summed E-state index contributed by atoms with van der Waals surface area (Å²) in [6, 6.07) is 2.14. The minimum absolute atomic E-state index is 0.178. The number of nitrogens with one attached hydrogen (secondary N) is 2. The van der Waals surface area contributed by atoms with Gasteiger partial charge < -0.3 is 15.7 Å². The fraction of sp³-hybridized carbons (Fsp3) is 0.714. The highest BCUT2D eigenvalue weighted by Gasteiger charge is 2.14. The van der Waals surface area contributed by atoms with Crippen molar-refractivity contribution in [3.8, 4) is 0 Å². The van der Waals surface area contributed by atoms with Gasteiger partial charge in [0.1, 0.15) is 11.6 Å². The molecule has 1 aromatic heterocycles. The SMILES string of the molecule is CCCNc1cc(NC(CCO)C(C)C)nc(SC)n1. The van der Waals surface area contributed by atoms with E-state index in [0.29, 0.717) is 12.3 Å². The molecular formula is C14H26N4OS. The van der Waals surface area contributed by atoms with E-state index in [0.717, 1.165) is 29.8 Å². The first-order valence-corrected chi connectivity index (χ1v) is 8.37. The van der Waals surface area contributed by atoms with E-state index < -0.39 is 0 Å². The van der Waals surface area contributed by atoms with Crippen LogP contribution in [0.3, 0.4) is 0 Å². The van der Waals surface area contributed by atoms with Crippen LogP contribution in [0.15, 0.2) is 11.2 Å². The molecule has 0 aliphatic carbocycles. The molecule has 20 heavy (non-hydrogen) atoms. The minimum Gasteiger partial charge on any atom is -0.396 e. The second kappa shape index (κ2) is 9.02. The lowest BCUT2D eigenvalue weighted by Crippen LogP contribution is -2.27. The summed E-state index contributed by atoms with van der Waals surface area (Å²) < 4.78 is 0. The van der Waals surface area contributed by atoms with Crippen molar-refractivity contribution in [1.82, 2.24) is 9.97 Å². The number of hydrogen-bond acceptors (Lipinski definition) is 6. The Labute approximate surface area is 126 Å². The van der Waals surface area contributed by atoms with Crippen LogP contribution in [0, 0.1) is 5.92 Å². The van der Waals surface area contributed by atoms with Gasteiger partial charge in [-0.1, -0.05) is 32.5 Å². The molecule has 5 nitrogen and oxygen atoms in total. The average Bonchev–Trinajstić information content (AvgIpc) is 2.44. The molecule has 1 unspecified atom stereocenters. The van der Waals surface area contributed by atoms with Crippen LogP contribution < -0.4 is 10.6 Å². The second-order valence-electron chi connectivity index (χ2n) is 5.06. The number of aliphatic hydroxyl groups is 1. The Morgan fingerprint density at radius 1 is 1.30 bits per heavy atom. The predicted octanol–water partition coefficient (Wildman–Crippen LogP) is 2.84. The molecule has 6 heteroatoms. The van der Waals surface area contributed by atoms with Gasteiger partial charge in [-0.25, -0.2) is 9.97 Å². The summed E-state index contributed by atoms with van der Waals surface area (Å²) in [5, 5.41) is 16.6. The van der Waals surface area contributed by atoms with Crippen LogP contribution in [0.1, 0.15) is 33.6 Å². The third-order valence-electron chi connectivity index (χ3n) is 3.02. The lowest BCUT2D eigenvalue weighted by molar-refractivity contribution is 0.267. The molecule has 0 saturated heterocycles. The van der Waals surface area contributed by atoms with Crippen LogP contribution >= 0.6 is 11.8 Å². The number of aliphatic hydroxyl groups excluding tert-OH is 1. The zero-order chi connectivity index (χ0) is 15.0. The van der Waals surface area contributed by atoms with E-state index >= 15 is 0 Å². The van der Waals surface area contributed by atoms with Crippen molar-refractivity contribution in [3.63, 3.8) is 0 Å². The van der Waals surface area contributed by atoms with Gasteiger partial charge in [0.2, 0.25) is 0 Å². The molecule has 1 aromatic rings. The molecule has 0 aromatic carbocycles. The number of anilines is 2. The summed E-state index contributed by atoms with van der Waals surface area (Å²) in [6.45, 7) is 7.48. The summed E-state index contributed by atoms with van der Waals surface area (Å²) >= 11 is 1.53. The Bertz CT molecular complexity index is 401. The van der Waals surface area contributed by atoms with E-state index in [4.69, 9.17) is 5.11 Å². The summed E-state index contributed by atoms with van der Waals surface area (Å²) in [6.07, 6.45) is 3.74. The molecule has 0 fully saturated rings. The molecule has 0 saturated carbocycles. The van der Waals surface area contributed by atoms with Crippen molar-refractivity contribution in [3.05, 3.63) is 6.07 Å². The number of aromatic nitrogens is 2. The van der Waals surface area contributed by atoms with E-state index in [1.165, 1.54) is 11.8 Å². The zero-order valence-electron chi connectivity index (χ0n) is 12.8. The first kappa shape index (κ1) is 17.0. The summed E-state index contributed by atoms with van der Waals surface area (Å²) in [5.74, 6) is 2.09. The van der Waals surface area contributed by atoms with Crippen LogP contribution in [-0.4, -0.2) is 40.5 Å². The average molecular weight is 298 g/mol. The van der Waals surface area contributed by atoms with Gasteiger partial charge in [0.15, 0.2) is 5.16 Å². The van der Waals surface area contributed by atoms with Gasteiger partial charge in [0.25, 0.3) is 0 Å². The molecule has 0 radical (unpaired) electrons. The molecule has 0 aliphatic heterocycles. The van der Waals surface area contributed by atoms with Gasteiger partial charge in [-0.3, -0.25) is 0 Å². The number of rotatable bonds is 9. The molecule has 0 bridgehead atoms. The molecule has 0 spiro atoms. The van der Waals surface area contributed by atoms with Crippen LogP contribution in [-0.2, 0) is 0 Å². The summed E-state index contributed by atoms with van der Waals surface area (Å²) in [7, 11) is 0. The standard InChI is InChI=1S/C14H26N4OS/c1-5-7-15-12-9-13(18-14(17-12)20-4)16-11(6-8-19)10(2)3/h9-11,19H,5-8H2,1-4H3,(H2,15,16,17,18). The molecule has 1 heterocycles. The Balaban J connectivity index is 2.86. The van der Waals surface area contributed by atoms with E-state index in [-0.39, 0.29) is 12.6 Å². The highest BCUT2D eigenvalue weighted by Crippen LogP contribution is 2.20. The molecule has 114 valence electrons. The van der Waals surface area contributed by atoms with Gasteiger partial charge >= 0.3 is 0 Å². The Hall–Kier alpha value is -1.01. The van der Waals surface area contributed by atoms with Crippen LogP contribution in [0.25, 0.3) is 0 Å². The Morgan fingerprint density at radius 3 is 2.55 bits per heavy atom. The smallest absolute Gasteiger partial charge is 0.191 e. The van der Waals surface area contributed by atoms with Crippen molar-refractivity contribution in [2.24, 2.45) is 5.92 Å². The zero-order valence-corrected chi connectivity index (χ0v) is 13.6. The fourth-order valence-electron chi connectivity index (χ4n) is 1.84. The van der Waals surface area contributed by atoms with Crippen LogP contribution in [0.5, 0.6) is 0 Å². The van der Waals surface area contributed by atoms with Gasteiger partial charge in [-0.05, 0) is 25.0 Å². The van der Waals surface area contributed by atoms with Gasteiger partial charge in [-0.15, -0.1) is 0 Å². The van der Waals surface area contributed by atoms with Crippen LogP contribution in [0.4, 0.5) is 11.6 Å². The summed E-state index contributed by atoms with van der Waals surface area (Å²) in [5.41, 5.74) is 0. The van der Waals surface area contributed by atoms with Gasteiger partial charge in [-0.2, -0.15) is 0 Å². The highest BCUT2D eigenvalue weighted by molar-refractivity contribution is 7.98. The molecule has 1 atom stereocenters. The van der Waals surface area contributed by atoms with Gasteiger partial charge in [0.05, 0.1) is 0 Å². The molecule has 3 N–H and O–H groups in total. The van der Waals surface area contributed by atoms with Crippen molar-refractivity contribution >= 4 is 23.4 Å². The second-order valence-corrected chi connectivity index (χ2v) is 5.83. The number of hydrogen-bond donors (Lipinski definition) is 3. The predicted molar refractivity (Wildman–Crippen MR) is 86.5 cm³/mol. The van der Waals surface area contributed by atoms with Crippen molar-refractivity contribution < 1.29 is 5.11 Å². The van der Waals surface area contributed by atoms with E-state index in [1.54, 1.807) is 0 Å². The fourth-order valence-corrected chi connectivity index (χ4v) is 2.21.